The largest absolute Gasteiger partial charge is 0.396 e. The van der Waals surface area contributed by atoms with Crippen LogP contribution < -0.4 is 5.32 Å². The van der Waals surface area contributed by atoms with Crippen LogP contribution in [0.25, 0.3) is 0 Å². The first-order valence-corrected chi connectivity index (χ1v) is 8.56. The molecule has 0 radical (unpaired) electrons. The first kappa shape index (κ1) is 18.3. The Labute approximate surface area is 130 Å². The first-order chi connectivity index (χ1) is 9.92. The normalized spacial score (nSPS) is 24.8. The predicted molar refractivity (Wildman–Crippen MR) is 87.2 cm³/mol. The molecule has 2 N–H and O–H groups in total. The van der Waals surface area contributed by atoms with Crippen molar-refractivity contribution in [1.29, 1.82) is 0 Å². The average Bonchev–Trinajstić information content (AvgIpc) is 2.56. The lowest BCUT2D eigenvalue weighted by Crippen LogP contribution is -2.43. The molecule has 4 heteroatoms. The van der Waals surface area contributed by atoms with Gasteiger partial charge in [-0.1, -0.05) is 27.7 Å². The molecule has 0 aromatic carbocycles. The van der Waals surface area contributed by atoms with E-state index in [0.29, 0.717) is 30.2 Å². The van der Waals surface area contributed by atoms with E-state index in [9.17, 15) is 4.79 Å². The van der Waals surface area contributed by atoms with Gasteiger partial charge in [0.25, 0.3) is 0 Å². The zero-order valence-corrected chi connectivity index (χ0v) is 14.3. The second-order valence-corrected chi connectivity index (χ2v) is 7.37. The van der Waals surface area contributed by atoms with Gasteiger partial charge in [-0.3, -0.25) is 0 Å². The topological polar surface area (TPSA) is 52.6 Å². The lowest BCUT2D eigenvalue weighted by molar-refractivity contribution is 0.187. The van der Waals surface area contributed by atoms with Gasteiger partial charge in [0, 0.05) is 26.2 Å². The number of hydrogen-bond acceptors (Lipinski definition) is 2. The number of hydrogen-bond donors (Lipinski definition) is 2. The molecule has 1 aliphatic rings. The maximum Gasteiger partial charge on any atom is 0.317 e. The van der Waals surface area contributed by atoms with E-state index in [-0.39, 0.29) is 12.6 Å². The van der Waals surface area contributed by atoms with E-state index in [1.54, 1.807) is 0 Å². The second kappa shape index (κ2) is 9.29. The molecule has 0 bridgehead atoms. The molecule has 3 unspecified atom stereocenters. The fourth-order valence-electron chi connectivity index (χ4n) is 3.40. The molecule has 0 aromatic heterocycles. The molecular formula is C17H34N2O2. The van der Waals surface area contributed by atoms with Crippen LogP contribution in [0.3, 0.4) is 0 Å². The van der Waals surface area contributed by atoms with E-state index in [4.69, 9.17) is 5.11 Å². The summed E-state index contributed by atoms with van der Waals surface area (Å²) in [5.74, 6) is 2.26. The van der Waals surface area contributed by atoms with Gasteiger partial charge >= 0.3 is 6.03 Å². The van der Waals surface area contributed by atoms with Crippen LogP contribution in [0.5, 0.6) is 0 Å². The molecule has 1 heterocycles. The number of aliphatic hydroxyl groups is 1. The second-order valence-electron chi connectivity index (χ2n) is 7.37. The van der Waals surface area contributed by atoms with Crippen molar-refractivity contribution in [2.75, 3.05) is 26.2 Å². The van der Waals surface area contributed by atoms with Gasteiger partial charge in [0.15, 0.2) is 0 Å². The van der Waals surface area contributed by atoms with E-state index in [2.05, 4.69) is 33.0 Å². The Morgan fingerprint density at radius 3 is 2.67 bits per heavy atom. The van der Waals surface area contributed by atoms with Crippen LogP contribution in [-0.4, -0.2) is 42.3 Å². The summed E-state index contributed by atoms with van der Waals surface area (Å²) in [7, 11) is 0. The van der Waals surface area contributed by atoms with Crippen molar-refractivity contribution in [1.82, 2.24) is 10.2 Å². The van der Waals surface area contributed by atoms with Gasteiger partial charge in [0.2, 0.25) is 0 Å². The SMILES string of the molecule is CC(C)CC(CCO)CNC(=O)N1CCC(C)CC(C)C1. The van der Waals surface area contributed by atoms with E-state index in [0.717, 1.165) is 32.4 Å². The fourth-order valence-corrected chi connectivity index (χ4v) is 3.40. The van der Waals surface area contributed by atoms with Crippen molar-refractivity contribution in [3.63, 3.8) is 0 Å². The Morgan fingerprint density at radius 2 is 2.05 bits per heavy atom. The molecule has 1 fully saturated rings. The van der Waals surface area contributed by atoms with Crippen LogP contribution in [0.4, 0.5) is 4.79 Å². The molecule has 4 nitrogen and oxygen atoms in total. The molecular weight excluding hydrogens is 264 g/mol. The van der Waals surface area contributed by atoms with Gasteiger partial charge in [-0.25, -0.2) is 4.79 Å². The van der Waals surface area contributed by atoms with Crippen molar-refractivity contribution in [2.45, 2.75) is 53.4 Å². The van der Waals surface area contributed by atoms with E-state index in [1.807, 2.05) is 4.90 Å². The standard InChI is InChI=1S/C17H34N2O2/c1-13(2)9-16(6-8-20)11-18-17(21)19-7-5-14(3)10-15(4)12-19/h13-16,20H,5-12H2,1-4H3,(H,18,21). The maximum atomic E-state index is 12.3. The Morgan fingerprint density at radius 1 is 1.33 bits per heavy atom. The monoisotopic (exact) mass is 298 g/mol. The Hall–Kier alpha value is -0.770. The molecule has 1 saturated heterocycles. The van der Waals surface area contributed by atoms with Gasteiger partial charge in [-0.05, 0) is 49.4 Å². The van der Waals surface area contributed by atoms with Crippen molar-refractivity contribution >= 4 is 6.03 Å². The lowest BCUT2D eigenvalue weighted by atomic mass is 9.94. The molecule has 1 aliphatic heterocycles. The fraction of sp³-hybridized carbons (Fsp3) is 0.941. The molecule has 124 valence electrons. The summed E-state index contributed by atoms with van der Waals surface area (Å²) in [6, 6.07) is 0.0719. The highest BCUT2D eigenvalue weighted by Gasteiger charge is 2.23. The number of urea groups is 1. The van der Waals surface area contributed by atoms with Crippen LogP contribution >= 0.6 is 0 Å². The number of amides is 2. The molecule has 2 amide bonds. The van der Waals surface area contributed by atoms with Gasteiger partial charge in [-0.2, -0.15) is 0 Å². The number of nitrogens with one attached hydrogen (secondary N) is 1. The zero-order valence-electron chi connectivity index (χ0n) is 14.3. The third-order valence-electron chi connectivity index (χ3n) is 4.40. The molecule has 0 aromatic rings. The smallest absolute Gasteiger partial charge is 0.317 e. The lowest BCUT2D eigenvalue weighted by Gasteiger charge is -2.25. The van der Waals surface area contributed by atoms with E-state index < -0.39 is 0 Å². The summed E-state index contributed by atoms with van der Waals surface area (Å²) >= 11 is 0. The highest BCUT2D eigenvalue weighted by atomic mass is 16.3. The molecule has 1 rings (SSSR count). The van der Waals surface area contributed by atoms with E-state index >= 15 is 0 Å². The van der Waals surface area contributed by atoms with Crippen molar-refractivity contribution in [3.8, 4) is 0 Å². The number of nitrogens with zero attached hydrogens (tertiary/aromatic N) is 1. The van der Waals surface area contributed by atoms with Crippen LogP contribution in [0.2, 0.25) is 0 Å². The summed E-state index contributed by atoms with van der Waals surface area (Å²) in [6.45, 7) is 11.5. The van der Waals surface area contributed by atoms with Crippen LogP contribution in [0.15, 0.2) is 0 Å². The summed E-state index contributed by atoms with van der Waals surface area (Å²) in [6.07, 6.45) is 4.13. The predicted octanol–water partition coefficient (Wildman–Crippen LogP) is 3.11. The van der Waals surface area contributed by atoms with Crippen molar-refractivity contribution < 1.29 is 9.90 Å². The van der Waals surface area contributed by atoms with Crippen molar-refractivity contribution in [2.24, 2.45) is 23.7 Å². The number of carbonyl (C=O) groups is 1. The highest BCUT2D eigenvalue weighted by molar-refractivity contribution is 5.74. The zero-order chi connectivity index (χ0) is 15.8. The number of aliphatic hydroxyl groups excluding tert-OH is 1. The number of rotatable bonds is 6. The molecule has 0 aliphatic carbocycles. The Balaban J connectivity index is 2.43. The Kier molecular flexibility index (Phi) is 8.09. The highest BCUT2D eigenvalue weighted by Crippen LogP contribution is 2.21. The first-order valence-electron chi connectivity index (χ1n) is 8.56. The third-order valence-corrected chi connectivity index (χ3v) is 4.40. The number of carbonyl (C=O) groups excluding carboxylic acids is 1. The Bertz CT molecular complexity index is 307. The van der Waals surface area contributed by atoms with Crippen LogP contribution in [-0.2, 0) is 0 Å². The van der Waals surface area contributed by atoms with Gasteiger partial charge in [0.1, 0.15) is 0 Å². The minimum atomic E-state index is 0.0719. The minimum Gasteiger partial charge on any atom is -0.396 e. The summed E-state index contributed by atoms with van der Waals surface area (Å²) in [4.78, 5) is 14.3. The number of likely N-dealkylation sites (tertiary alicyclic amines) is 1. The average molecular weight is 298 g/mol. The molecule has 3 atom stereocenters. The van der Waals surface area contributed by atoms with Crippen molar-refractivity contribution in [3.05, 3.63) is 0 Å². The molecule has 21 heavy (non-hydrogen) atoms. The molecule has 0 saturated carbocycles. The van der Waals surface area contributed by atoms with Gasteiger partial charge < -0.3 is 15.3 Å². The van der Waals surface area contributed by atoms with Gasteiger partial charge in [-0.15, -0.1) is 0 Å². The molecule has 0 spiro atoms. The quantitative estimate of drug-likeness (QED) is 0.791. The third kappa shape index (κ3) is 7.16. The minimum absolute atomic E-state index is 0.0719. The summed E-state index contributed by atoms with van der Waals surface area (Å²) in [5, 5.41) is 12.2. The van der Waals surface area contributed by atoms with Gasteiger partial charge in [0.05, 0.1) is 0 Å². The van der Waals surface area contributed by atoms with Crippen LogP contribution in [0.1, 0.15) is 53.4 Å². The van der Waals surface area contributed by atoms with E-state index in [1.165, 1.54) is 6.42 Å². The van der Waals surface area contributed by atoms with Crippen LogP contribution in [0, 0.1) is 23.7 Å². The summed E-state index contributed by atoms with van der Waals surface area (Å²) in [5.41, 5.74) is 0. The maximum absolute atomic E-state index is 12.3. The summed E-state index contributed by atoms with van der Waals surface area (Å²) < 4.78 is 0.